The van der Waals surface area contributed by atoms with Gasteiger partial charge in [-0.05, 0) is 29.8 Å². The van der Waals surface area contributed by atoms with Crippen molar-refractivity contribution in [3.05, 3.63) is 88.0 Å². The van der Waals surface area contributed by atoms with Crippen molar-refractivity contribution >= 4 is 17.3 Å². The Labute approximate surface area is 166 Å². The van der Waals surface area contributed by atoms with Crippen molar-refractivity contribution in [2.75, 3.05) is 12.4 Å². The average molecular weight is 394 g/mol. The highest BCUT2D eigenvalue weighted by atomic mass is 16.6. The van der Waals surface area contributed by atoms with Gasteiger partial charge in [-0.25, -0.2) is 0 Å². The SMILES string of the molecule is COc1cc(C(=O)Nc2ccc(O)cc2)c([N+](=O)[O-])cc1OCc1ccccc1. The number of hydrogen-bond donors (Lipinski definition) is 2. The number of nitrogens with one attached hydrogen (secondary N) is 1. The normalized spacial score (nSPS) is 10.2. The van der Waals surface area contributed by atoms with Crippen molar-refractivity contribution in [2.45, 2.75) is 6.61 Å². The van der Waals surface area contributed by atoms with Crippen LogP contribution in [0.1, 0.15) is 15.9 Å². The lowest BCUT2D eigenvalue weighted by atomic mass is 10.1. The monoisotopic (exact) mass is 394 g/mol. The van der Waals surface area contributed by atoms with Crippen LogP contribution in [0.5, 0.6) is 17.2 Å². The van der Waals surface area contributed by atoms with Crippen molar-refractivity contribution in [1.82, 2.24) is 0 Å². The molecule has 0 bridgehead atoms. The third kappa shape index (κ3) is 4.81. The molecular weight excluding hydrogens is 376 g/mol. The fraction of sp³-hybridized carbons (Fsp3) is 0.0952. The predicted octanol–water partition coefficient (Wildman–Crippen LogP) is 4.14. The standard InChI is InChI=1S/C21H18N2O6/c1-28-19-11-17(21(25)22-15-7-9-16(24)10-8-15)18(23(26)27)12-20(19)29-13-14-5-3-2-4-6-14/h2-12,24H,13H2,1H3,(H,22,25). The Morgan fingerprint density at radius 2 is 1.76 bits per heavy atom. The smallest absolute Gasteiger partial charge is 0.286 e. The van der Waals surface area contributed by atoms with Crippen LogP contribution in [0.2, 0.25) is 0 Å². The van der Waals surface area contributed by atoms with Crippen LogP contribution in [-0.2, 0) is 6.61 Å². The number of nitrogens with zero attached hydrogens (tertiary/aromatic N) is 1. The number of carbonyl (C=O) groups excluding carboxylic acids is 1. The molecule has 0 saturated carbocycles. The summed E-state index contributed by atoms with van der Waals surface area (Å²) in [5.41, 5.74) is 0.675. The Morgan fingerprint density at radius 3 is 2.38 bits per heavy atom. The van der Waals surface area contributed by atoms with Crippen molar-refractivity contribution in [3.63, 3.8) is 0 Å². The van der Waals surface area contributed by atoms with Crippen LogP contribution in [-0.4, -0.2) is 23.0 Å². The summed E-state index contributed by atoms with van der Waals surface area (Å²) in [5.74, 6) is -0.294. The number of nitro benzene ring substituents is 1. The van der Waals surface area contributed by atoms with Gasteiger partial charge in [0.05, 0.1) is 18.1 Å². The number of phenols is 1. The molecule has 0 unspecified atom stereocenters. The summed E-state index contributed by atoms with van der Waals surface area (Å²) in [4.78, 5) is 23.5. The molecule has 8 heteroatoms. The second-order valence-electron chi connectivity index (χ2n) is 6.05. The number of hydrogen-bond acceptors (Lipinski definition) is 6. The van der Waals surface area contributed by atoms with Gasteiger partial charge in [-0.1, -0.05) is 30.3 Å². The molecule has 0 fully saturated rings. The van der Waals surface area contributed by atoms with Crippen LogP contribution in [0, 0.1) is 10.1 Å². The minimum atomic E-state index is -0.685. The van der Waals surface area contributed by atoms with Crippen LogP contribution in [0.25, 0.3) is 0 Å². The summed E-state index contributed by atoms with van der Waals surface area (Å²) in [6.07, 6.45) is 0. The molecule has 3 aromatic rings. The van der Waals surface area contributed by atoms with E-state index in [9.17, 15) is 20.0 Å². The molecular formula is C21H18N2O6. The fourth-order valence-corrected chi connectivity index (χ4v) is 2.63. The van der Waals surface area contributed by atoms with E-state index in [-0.39, 0.29) is 29.4 Å². The molecule has 3 aromatic carbocycles. The first kappa shape index (κ1) is 19.7. The second-order valence-corrected chi connectivity index (χ2v) is 6.05. The van der Waals surface area contributed by atoms with Crippen molar-refractivity contribution in [3.8, 4) is 17.2 Å². The minimum Gasteiger partial charge on any atom is -0.508 e. The summed E-state index contributed by atoms with van der Waals surface area (Å²) in [6.45, 7) is 0.188. The maximum atomic E-state index is 12.6. The number of ether oxygens (including phenoxy) is 2. The summed E-state index contributed by atoms with van der Waals surface area (Å²) >= 11 is 0. The Morgan fingerprint density at radius 1 is 1.07 bits per heavy atom. The summed E-state index contributed by atoms with van der Waals surface area (Å²) in [7, 11) is 1.39. The number of aromatic hydroxyl groups is 1. The summed E-state index contributed by atoms with van der Waals surface area (Å²) < 4.78 is 10.9. The van der Waals surface area contributed by atoms with Gasteiger partial charge in [0, 0.05) is 11.8 Å². The number of amides is 1. The molecule has 0 aliphatic heterocycles. The molecule has 29 heavy (non-hydrogen) atoms. The zero-order valence-electron chi connectivity index (χ0n) is 15.5. The first-order chi connectivity index (χ1) is 14.0. The van der Waals surface area contributed by atoms with E-state index in [0.29, 0.717) is 5.69 Å². The molecule has 0 atom stereocenters. The lowest BCUT2D eigenvalue weighted by Gasteiger charge is -2.13. The molecule has 148 valence electrons. The third-order valence-corrected chi connectivity index (χ3v) is 4.09. The van der Waals surface area contributed by atoms with Crippen LogP contribution >= 0.6 is 0 Å². The van der Waals surface area contributed by atoms with E-state index in [4.69, 9.17) is 9.47 Å². The molecule has 0 aliphatic rings. The Bertz CT molecular complexity index is 1020. The van der Waals surface area contributed by atoms with Gasteiger partial charge < -0.3 is 19.9 Å². The molecule has 8 nitrogen and oxygen atoms in total. The zero-order chi connectivity index (χ0) is 20.8. The van der Waals surface area contributed by atoms with Gasteiger partial charge in [0.25, 0.3) is 11.6 Å². The van der Waals surface area contributed by atoms with Gasteiger partial charge in [-0.2, -0.15) is 0 Å². The van der Waals surface area contributed by atoms with Gasteiger partial charge >= 0.3 is 0 Å². The average Bonchev–Trinajstić information content (AvgIpc) is 2.73. The quantitative estimate of drug-likeness (QED) is 0.354. The molecule has 0 heterocycles. The van der Waals surface area contributed by atoms with E-state index in [1.54, 1.807) is 0 Å². The fourth-order valence-electron chi connectivity index (χ4n) is 2.63. The van der Waals surface area contributed by atoms with E-state index in [1.807, 2.05) is 30.3 Å². The number of phenolic OH excluding ortho intramolecular Hbond substituents is 1. The lowest BCUT2D eigenvalue weighted by Crippen LogP contribution is -2.14. The van der Waals surface area contributed by atoms with Gasteiger partial charge in [-0.3, -0.25) is 14.9 Å². The number of anilines is 1. The molecule has 0 spiro atoms. The van der Waals surface area contributed by atoms with Gasteiger partial charge in [-0.15, -0.1) is 0 Å². The predicted molar refractivity (Wildman–Crippen MR) is 106 cm³/mol. The highest BCUT2D eigenvalue weighted by Gasteiger charge is 2.25. The Kier molecular flexibility index (Phi) is 5.94. The molecule has 1 amide bonds. The van der Waals surface area contributed by atoms with Crippen molar-refractivity contribution in [2.24, 2.45) is 0 Å². The number of nitro groups is 1. The second kappa shape index (κ2) is 8.75. The Balaban J connectivity index is 1.89. The van der Waals surface area contributed by atoms with Crippen LogP contribution in [0.4, 0.5) is 11.4 Å². The van der Waals surface area contributed by atoms with Crippen LogP contribution in [0.15, 0.2) is 66.7 Å². The highest BCUT2D eigenvalue weighted by Crippen LogP contribution is 2.35. The van der Waals surface area contributed by atoms with E-state index in [1.165, 1.54) is 43.5 Å². The van der Waals surface area contributed by atoms with E-state index < -0.39 is 16.5 Å². The third-order valence-electron chi connectivity index (χ3n) is 4.09. The summed E-state index contributed by atoms with van der Waals surface area (Å²) in [5, 5.41) is 23.4. The van der Waals surface area contributed by atoms with Crippen molar-refractivity contribution < 1.29 is 24.3 Å². The van der Waals surface area contributed by atoms with Gasteiger partial charge in [0.1, 0.15) is 17.9 Å². The molecule has 0 radical (unpaired) electrons. The number of carbonyl (C=O) groups is 1. The number of rotatable bonds is 7. The van der Waals surface area contributed by atoms with E-state index >= 15 is 0 Å². The largest absolute Gasteiger partial charge is 0.508 e. The first-order valence-corrected chi connectivity index (χ1v) is 8.61. The Hall–Kier alpha value is -4.07. The molecule has 0 saturated heterocycles. The zero-order valence-corrected chi connectivity index (χ0v) is 15.5. The first-order valence-electron chi connectivity index (χ1n) is 8.61. The molecule has 2 N–H and O–H groups in total. The lowest BCUT2D eigenvalue weighted by molar-refractivity contribution is -0.385. The topological polar surface area (TPSA) is 111 Å². The van der Waals surface area contributed by atoms with E-state index in [0.717, 1.165) is 5.56 Å². The maximum absolute atomic E-state index is 12.6. The van der Waals surface area contributed by atoms with Crippen LogP contribution < -0.4 is 14.8 Å². The highest BCUT2D eigenvalue weighted by molar-refractivity contribution is 6.07. The summed E-state index contributed by atoms with van der Waals surface area (Å²) in [6, 6.07) is 17.5. The molecule has 0 aliphatic carbocycles. The minimum absolute atomic E-state index is 0.0376. The van der Waals surface area contributed by atoms with Crippen molar-refractivity contribution in [1.29, 1.82) is 0 Å². The number of benzene rings is 3. The molecule has 0 aromatic heterocycles. The van der Waals surface area contributed by atoms with E-state index in [2.05, 4.69) is 5.32 Å². The molecule has 3 rings (SSSR count). The maximum Gasteiger partial charge on any atom is 0.286 e. The van der Waals surface area contributed by atoms with Gasteiger partial charge in [0.15, 0.2) is 11.5 Å². The number of methoxy groups -OCH3 is 1. The van der Waals surface area contributed by atoms with Gasteiger partial charge in [0.2, 0.25) is 0 Å². The van der Waals surface area contributed by atoms with Crippen LogP contribution in [0.3, 0.4) is 0 Å².